The Morgan fingerprint density at radius 1 is 1.32 bits per heavy atom. The van der Waals surface area contributed by atoms with Crippen LogP contribution in [0.1, 0.15) is 23.5 Å². The van der Waals surface area contributed by atoms with Gasteiger partial charge in [0.25, 0.3) is 0 Å². The van der Waals surface area contributed by atoms with Gasteiger partial charge in [-0.2, -0.15) is 0 Å². The molecule has 0 aliphatic carbocycles. The van der Waals surface area contributed by atoms with Crippen LogP contribution in [0.2, 0.25) is 0 Å². The first kappa shape index (κ1) is 16.0. The Hall–Kier alpha value is -2.35. The van der Waals surface area contributed by atoms with Gasteiger partial charge in [0.1, 0.15) is 4.83 Å². The van der Waals surface area contributed by atoms with E-state index in [1.54, 1.807) is 12.3 Å². The van der Waals surface area contributed by atoms with Crippen molar-refractivity contribution >= 4 is 39.2 Å². The first-order valence-electron chi connectivity index (χ1n) is 6.73. The van der Waals surface area contributed by atoms with Crippen molar-refractivity contribution in [1.29, 1.82) is 0 Å². The molecule has 7 nitrogen and oxygen atoms in total. The summed E-state index contributed by atoms with van der Waals surface area (Å²) >= 11 is 0.972. The molecule has 22 heavy (non-hydrogen) atoms. The van der Waals surface area contributed by atoms with E-state index in [-0.39, 0.29) is 10.6 Å². The number of thiophene rings is 1. The van der Waals surface area contributed by atoms with Crippen molar-refractivity contribution in [3.05, 3.63) is 17.1 Å². The van der Waals surface area contributed by atoms with E-state index in [1.165, 1.54) is 0 Å². The highest BCUT2D eigenvalue weighted by atomic mass is 32.1. The number of nitrogens with zero attached hydrogens (tertiary/aromatic N) is 2. The zero-order valence-corrected chi connectivity index (χ0v) is 13.0. The Kier molecular flexibility index (Phi) is 4.81. The lowest BCUT2D eigenvalue weighted by molar-refractivity contribution is -0.139. The van der Waals surface area contributed by atoms with Crippen LogP contribution >= 0.6 is 11.3 Å². The number of fused-ring (bicyclic) bond motifs is 1. The second kappa shape index (κ2) is 6.61. The molecule has 118 valence electrons. The number of hydrogen-bond donors (Lipinski definition) is 2. The van der Waals surface area contributed by atoms with Crippen molar-refractivity contribution < 1.29 is 24.5 Å². The fourth-order valence-electron chi connectivity index (χ4n) is 2.13. The third-order valence-electron chi connectivity index (χ3n) is 3.15. The van der Waals surface area contributed by atoms with Crippen molar-refractivity contribution in [3.63, 3.8) is 0 Å². The third-order valence-corrected chi connectivity index (χ3v) is 4.23. The minimum atomic E-state index is -1.16. The van der Waals surface area contributed by atoms with Crippen LogP contribution in [0.3, 0.4) is 0 Å². The maximum atomic E-state index is 11.3. The Balaban J connectivity index is 2.55. The molecule has 0 saturated heterocycles. The first-order valence-corrected chi connectivity index (χ1v) is 7.54. The molecule has 2 rings (SSSR count). The normalized spacial score (nSPS) is 10.6. The van der Waals surface area contributed by atoms with Crippen molar-refractivity contribution in [2.45, 2.75) is 13.8 Å². The van der Waals surface area contributed by atoms with Crippen LogP contribution < -0.4 is 9.64 Å². The van der Waals surface area contributed by atoms with Gasteiger partial charge >= 0.3 is 11.9 Å². The molecule has 2 aromatic rings. The van der Waals surface area contributed by atoms with E-state index in [2.05, 4.69) is 9.88 Å². The molecular weight excluding hydrogens is 308 g/mol. The van der Waals surface area contributed by atoms with Gasteiger partial charge in [-0.1, -0.05) is 0 Å². The SMILES string of the molecule is CCN(CC)c1cnc2sc(C(=O)O)c(OCC(=O)O)c2c1. The van der Waals surface area contributed by atoms with E-state index < -0.39 is 18.5 Å². The zero-order chi connectivity index (χ0) is 16.3. The molecule has 8 heteroatoms. The van der Waals surface area contributed by atoms with Crippen LogP contribution in [-0.2, 0) is 4.79 Å². The largest absolute Gasteiger partial charge is 0.479 e. The molecule has 2 N–H and O–H groups in total. The minimum Gasteiger partial charge on any atom is -0.479 e. The fraction of sp³-hybridized carbons (Fsp3) is 0.357. The van der Waals surface area contributed by atoms with Crippen LogP contribution in [0.4, 0.5) is 5.69 Å². The standard InChI is InChI=1S/C14H16N2O5S/c1-3-16(4-2)8-5-9-11(21-7-10(17)18)12(14(19)20)22-13(9)15-6-8/h5-6H,3-4,7H2,1-2H3,(H,17,18)(H,19,20). The van der Waals surface area contributed by atoms with Gasteiger partial charge in [0.15, 0.2) is 17.2 Å². The van der Waals surface area contributed by atoms with Gasteiger partial charge in [-0.3, -0.25) is 0 Å². The van der Waals surface area contributed by atoms with E-state index in [1.807, 2.05) is 13.8 Å². The van der Waals surface area contributed by atoms with Crippen LogP contribution in [0.5, 0.6) is 5.75 Å². The van der Waals surface area contributed by atoms with E-state index in [9.17, 15) is 14.7 Å². The molecule has 0 atom stereocenters. The second-order valence-corrected chi connectivity index (χ2v) is 5.47. The zero-order valence-electron chi connectivity index (χ0n) is 12.2. The monoisotopic (exact) mass is 324 g/mol. The van der Waals surface area contributed by atoms with Gasteiger partial charge in [0.2, 0.25) is 0 Å². The molecule has 0 aromatic carbocycles. The van der Waals surface area contributed by atoms with Gasteiger partial charge < -0.3 is 19.8 Å². The Morgan fingerprint density at radius 3 is 2.55 bits per heavy atom. The summed E-state index contributed by atoms with van der Waals surface area (Å²) in [6, 6.07) is 1.79. The number of rotatable bonds is 7. The quantitative estimate of drug-likeness (QED) is 0.806. The van der Waals surface area contributed by atoms with Gasteiger partial charge in [-0.25, -0.2) is 14.6 Å². The molecule has 0 radical (unpaired) electrons. The average molecular weight is 324 g/mol. The highest BCUT2D eigenvalue weighted by molar-refractivity contribution is 7.20. The van der Waals surface area contributed by atoms with Gasteiger partial charge in [-0.05, 0) is 19.9 Å². The number of aromatic carboxylic acids is 1. The lowest BCUT2D eigenvalue weighted by atomic mass is 10.2. The predicted octanol–water partition coefficient (Wildman–Crippen LogP) is 2.30. The number of anilines is 1. The smallest absolute Gasteiger partial charge is 0.349 e. The topological polar surface area (TPSA) is 100.0 Å². The Labute approximate surface area is 130 Å². The molecule has 0 fully saturated rings. The number of hydrogen-bond acceptors (Lipinski definition) is 6. The predicted molar refractivity (Wildman–Crippen MR) is 83.3 cm³/mol. The number of carboxylic acid groups (broad SMARTS) is 2. The summed E-state index contributed by atoms with van der Waals surface area (Å²) in [4.78, 5) is 28.8. The summed E-state index contributed by atoms with van der Waals surface area (Å²) in [5, 5.41) is 18.5. The molecular formula is C14H16N2O5S. The van der Waals surface area contributed by atoms with Gasteiger partial charge in [0, 0.05) is 13.1 Å². The number of carbonyl (C=O) groups is 2. The maximum absolute atomic E-state index is 11.3. The maximum Gasteiger partial charge on any atom is 0.349 e. The van der Waals surface area contributed by atoms with E-state index in [0.29, 0.717) is 10.2 Å². The van der Waals surface area contributed by atoms with Crippen molar-refractivity contribution in [3.8, 4) is 5.75 Å². The summed E-state index contributed by atoms with van der Waals surface area (Å²) in [6.45, 7) is 4.98. The molecule has 2 aromatic heterocycles. The van der Waals surface area contributed by atoms with Gasteiger partial charge in [0.05, 0.1) is 17.3 Å². The Bertz CT molecular complexity index is 709. The summed E-state index contributed by atoms with van der Waals surface area (Å²) in [7, 11) is 0. The lowest BCUT2D eigenvalue weighted by Crippen LogP contribution is -2.21. The molecule has 0 bridgehead atoms. The number of aromatic nitrogens is 1. The average Bonchev–Trinajstić information content (AvgIpc) is 2.84. The molecule has 0 spiro atoms. The van der Waals surface area contributed by atoms with Crippen LogP contribution in [0.15, 0.2) is 12.3 Å². The summed E-state index contributed by atoms with van der Waals surface area (Å²) in [5.41, 5.74) is 0.840. The van der Waals surface area contributed by atoms with Crippen LogP contribution in [-0.4, -0.2) is 46.8 Å². The first-order chi connectivity index (χ1) is 10.5. The Morgan fingerprint density at radius 2 is 2.00 bits per heavy atom. The third kappa shape index (κ3) is 3.11. The van der Waals surface area contributed by atoms with Crippen LogP contribution in [0, 0.1) is 0 Å². The van der Waals surface area contributed by atoms with Crippen molar-refractivity contribution in [1.82, 2.24) is 4.98 Å². The minimum absolute atomic E-state index is 0.0413. The molecule has 0 saturated carbocycles. The van der Waals surface area contributed by atoms with Crippen molar-refractivity contribution in [2.24, 2.45) is 0 Å². The highest BCUT2D eigenvalue weighted by Gasteiger charge is 2.21. The number of ether oxygens (including phenoxy) is 1. The van der Waals surface area contributed by atoms with E-state index in [0.717, 1.165) is 30.1 Å². The summed E-state index contributed by atoms with van der Waals surface area (Å²) < 4.78 is 5.19. The van der Waals surface area contributed by atoms with E-state index >= 15 is 0 Å². The van der Waals surface area contributed by atoms with Gasteiger partial charge in [-0.15, -0.1) is 11.3 Å². The van der Waals surface area contributed by atoms with Crippen molar-refractivity contribution in [2.75, 3.05) is 24.6 Å². The number of aliphatic carboxylic acids is 1. The summed E-state index contributed by atoms with van der Waals surface area (Å²) in [5.74, 6) is -2.26. The molecule has 0 amide bonds. The van der Waals surface area contributed by atoms with Crippen LogP contribution in [0.25, 0.3) is 10.2 Å². The molecule has 0 unspecified atom stereocenters. The van der Waals surface area contributed by atoms with E-state index in [4.69, 9.17) is 9.84 Å². The number of pyridine rings is 1. The molecule has 0 aliphatic heterocycles. The lowest BCUT2D eigenvalue weighted by Gasteiger charge is -2.20. The highest BCUT2D eigenvalue weighted by Crippen LogP contribution is 2.38. The molecule has 0 aliphatic rings. The second-order valence-electron chi connectivity index (χ2n) is 4.47. The number of carboxylic acids is 2. The fourth-order valence-corrected chi connectivity index (χ4v) is 3.04. The summed E-state index contributed by atoms with van der Waals surface area (Å²) in [6.07, 6.45) is 1.68. The molecule has 2 heterocycles.